The van der Waals surface area contributed by atoms with Crippen LogP contribution in [0.5, 0.6) is 0 Å². The molecule has 13 unspecified atom stereocenters. The highest BCUT2D eigenvalue weighted by molar-refractivity contribution is 5.80. The first-order valence-corrected chi connectivity index (χ1v) is 26.9. The minimum Gasteiger partial charge on any atom is -0.432 e. The molecule has 0 radical (unpaired) electrons. The number of esters is 1. The minimum absolute atomic E-state index is 0.0375. The molecule has 73 heavy (non-hydrogen) atoms. The van der Waals surface area contributed by atoms with Crippen molar-refractivity contribution in [2.24, 2.45) is 56.0 Å². The second kappa shape index (κ2) is 21.2. The van der Waals surface area contributed by atoms with Crippen LogP contribution in [0.1, 0.15) is 132 Å². The third kappa shape index (κ3) is 9.59. The van der Waals surface area contributed by atoms with Crippen molar-refractivity contribution >= 4 is 18.2 Å². The lowest BCUT2D eigenvalue weighted by atomic mass is 9.33. The lowest BCUT2D eigenvalue weighted by Gasteiger charge is -2.71. The predicted octanol–water partition coefficient (Wildman–Crippen LogP) is 0.600. The quantitative estimate of drug-likeness (QED) is 0.0491. The molecular weight excluding hydrogens is 953 g/mol. The number of ether oxygens (including phenoxy) is 6. The number of rotatable bonds is 14. The SMILES string of the molecule is CC1O[C@@H](OC2C(O)[C@@H](NC(=O)CCCCCN)C(CO)O[C@H]2OC(=O)[C@]23CCC(C)(C)CC2C2=CCC4C5(C)CC[C@H](O)[C@](C)(C=O)[C@@H]5CCC4(C)[C@]2(C)CC3O)C(O)C(O)[C@H]1O[C@@H]1OC[C@@H](O)C(O)C1O. The van der Waals surface area contributed by atoms with E-state index in [1.807, 2.05) is 6.92 Å². The molecule has 20 heteroatoms. The third-order valence-corrected chi connectivity index (χ3v) is 20.3. The van der Waals surface area contributed by atoms with E-state index in [9.17, 15) is 55.5 Å². The highest BCUT2D eigenvalue weighted by Gasteiger charge is 2.72. The first-order chi connectivity index (χ1) is 34.3. The van der Waals surface area contributed by atoms with Gasteiger partial charge in [0.2, 0.25) is 12.2 Å². The largest absolute Gasteiger partial charge is 0.432 e. The Balaban J connectivity index is 1.10. The number of hydrogen-bond donors (Lipinski definition) is 11. The number of hydrogen-bond acceptors (Lipinski definition) is 19. The minimum atomic E-state index is -1.93. The molecule has 12 N–H and O–H groups in total. The number of allylic oxidation sites excluding steroid dienone is 2. The number of carbonyl (C=O) groups excluding carboxylic acids is 3. The Morgan fingerprint density at radius 3 is 2.16 bits per heavy atom. The summed E-state index contributed by atoms with van der Waals surface area (Å²) in [5, 5.41) is 104. The first-order valence-electron chi connectivity index (χ1n) is 26.9. The van der Waals surface area contributed by atoms with E-state index >= 15 is 4.79 Å². The number of aliphatic hydroxyl groups is 9. The van der Waals surface area contributed by atoms with Crippen LogP contribution in [0.3, 0.4) is 0 Å². The number of nitrogens with two attached hydrogens (primary N) is 1. The molecule has 8 rings (SSSR count). The summed E-state index contributed by atoms with van der Waals surface area (Å²) in [6.45, 7) is 13.8. The van der Waals surface area contributed by atoms with E-state index in [1.165, 1.54) is 6.92 Å². The van der Waals surface area contributed by atoms with Gasteiger partial charge in [0.25, 0.3) is 0 Å². The zero-order valence-electron chi connectivity index (χ0n) is 43.7. The first kappa shape index (κ1) is 56.9. The van der Waals surface area contributed by atoms with E-state index in [0.717, 1.165) is 31.1 Å². The molecule has 0 spiro atoms. The van der Waals surface area contributed by atoms with Gasteiger partial charge in [0.1, 0.15) is 60.5 Å². The van der Waals surface area contributed by atoms with E-state index in [4.69, 9.17) is 34.2 Å². The smallest absolute Gasteiger partial charge is 0.317 e. The second-order valence-electron chi connectivity index (χ2n) is 25.0. The molecule has 4 saturated carbocycles. The van der Waals surface area contributed by atoms with E-state index < -0.39 is 145 Å². The van der Waals surface area contributed by atoms with Gasteiger partial charge in [-0.25, -0.2) is 0 Å². The van der Waals surface area contributed by atoms with Crippen LogP contribution < -0.4 is 11.1 Å². The normalized spacial score (nSPS) is 50.5. The molecule has 0 aromatic rings. The maximum atomic E-state index is 15.6. The van der Waals surface area contributed by atoms with Gasteiger partial charge >= 0.3 is 5.97 Å². The fraction of sp³-hybridized carbons (Fsp3) is 0.906. The zero-order chi connectivity index (χ0) is 53.4. The number of aliphatic hydroxyl groups excluding tert-OH is 9. The summed E-state index contributed by atoms with van der Waals surface area (Å²) in [6.07, 6.45) is -12.8. The highest BCUT2D eigenvalue weighted by atomic mass is 16.8. The van der Waals surface area contributed by atoms with E-state index in [-0.39, 0.29) is 47.3 Å². The number of nitrogens with one attached hydrogen (secondary N) is 1. The van der Waals surface area contributed by atoms with Crippen molar-refractivity contribution in [3.63, 3.8) is 0 Å². The van der Waals surface area contributed by atoms with Gasteiger partial charge in [0.05, 0.1) is 43.0 Å². The molecule has 24 atom stereocenters. The summed E-state index contributed by atoms with van der Waals surface area (Å²) in [7, 11) is 0. The lowest BCUT2D eigenvalue weighted by Crippen LogP contribution is -2.69. The average Bonchev–Trinajstić information content (AvgIpc) is 3.33. The topological polar surface area (TPSA) is 327 Å². The molecule has 8 aliphatic rings. The van der Waals surface area contributed by atoms with Crippen LogP contribution in [-0.4, -0.2) is 182 Å². The molecule has 0 aromatic heterocycles. The van der Waals surface area contributed by atoms with Gasteiger partial charge in [-0.05, 0) is 124 Å². The van der Waals surface area contributed by atoms with Crippen molar-refractivity contribution in [2.45, 2.75) is 230 Å². The molecule has 20 nitrogen and oxygen atoms in total. The Morgan fingerprint density at radius 1 is 0.781 bits per heavy atom. The molecule has 3 aliphatic heterocycles. The van der Waals surface area contributed by atoms with E-state index in [0.29, 0.717) is 51.5 Å². The monoisotopic (exact) mass is 1040 g/mol. The summed E-state index contributed by atoms with van der Waals surface area (Å²) >= 11 is 0. The van der Waals surface area contributed by atoms with Gasteiger partial charge in [-0.1, -0.05) is 59.6 Å². The van der Waals surface area contributed by atoms with E-state index in [1.54, 1.807) is 0 Å². The molecule has 7 fully saturated rings. The van der Waals surface area contributed by atoms with Gasteiger partial charge in [0.15, 0.2) is 18.7 Å². The van der Waals surface area contributed by atoms with Crippen molar-refractivity contribution in [2.75, 3.05) is 19.8 Å². The number of unbranched alkanes of at least 4 members (excludes halogenated alkanes) is 2. The number of fused-ring (bicyclic) bond motifs is 7. The maximum absolute atomic E-state index is 15.6. The predicted molar refractivity (Wildman–Crippen MR) is 258 cm³/mol. The fourth-order valence-corrected chi connectivity index (χ4v) is 15.7. The van der Waals surface area contributed by atoms with Crippen LogP contribution >= 0.6 is 0 Å². The van der Waals surface area contributed by atoms with Crippen LogP contribution in [0, 0.1) is 50.2 Å². The van der Waals surface area contributed by atoms with Crippen molar-refractivity contribution < 1.29 is 88.8 Å². The van der Waals surface area contributed by atoms with E-state index in [2.05, 4.69) is 46.0 Å². The van der Waals surface area contributed by atoms with Gasteiger partial charge in [0, 0.05) is 6.42 Å². The Labute approximate surface area is 428 Å². The summed E-state index contributed by atoms with van der Waals surface area (Å²) in [6, 6.07) is -1.34. The van der Waals surface area contributed by atoms with Crippen molar-refractivity contribution in [1.82, 2.24) is 5.32 Å². The second-order valence-corrected chi connectivity index (χ2v) is 25.0. The fourth-order valence-electron chi connectivity index (χ4n) is 15.7. The van der Waals surface area contributed by atoms with Crippen molar-refractivity contribution in [1.29, 1.82) is 0 Å². The number of carbonyl (C=O) groups is 3. The number of aldehydes is 1. The molecule has 416 valence electrons. The molecule has 1 amide bonds. The van der Waals surface area contributed by atoms with Crippen LogP contribution in [0.4, 0.5) is 0 Å². The Bertz CT molecular complexity index is 2030. The molecular formula is C53H86N2O18. The summed E-state index contributed by atoms with van der Waals surface area (Å²) in [5.74, 6) is -1.72. The summed E-state index contributed by atoms with van der Waals surface area (Å²) in [4.78, 5) is 41.7. The summed E-state index contributed by atoms with van der Waals surface area (Å²) in [5.41, 5.74) is 2.84. The van der Waals surface area contributed by atoms with Crippen LogP contribution in [0.15, 0.2) is 11.6 Å². The van der Waals surface area contributed by atoms with Crippen LogP contribution in [-0.2, 0) is 42.8 Å². The highest BCUT2D eigenvalue weighted by Crippen LogP contribution is 2.76. The van der Waals surface area contributed by atoms with Gasteiger partial charge in [-0.2, -0.15) is 0 Å². The van der Waals surface area contributed by atoms with Gasteiger partial charge in [-0.3, -0.25) is 9.59 Å². The molecule has 0 bridgehead atoms. The zero-order valence-corrected chi connectivity index (χ0v) is 43.7. The maximum Gasteiger partial charge on any atom is 0.317 e. The third-order valence-electron chi connectivity index (χ3n) is 20.3. The van der Waals surface area contributed by atoms with Crippen LogP contribution in [0.25, 0.3) is 0 Å². The lowest BCUT2D eigenvalue weighted by molar-refractivity contribution is -0.370. The number of amides is 1. The van der Waals surface area contributed by atoms with Crippen molar-refractivity contribution in [3.8, 4) is 0 Å². The Morgan fingerprint density at radius 2 is 1.48 bits per heavy atom. The molecule has 3 saturated heterocycles. The molecule has 5 aliphatic carbocycles. The summed E-state index contributed by atoms with van der Waals surface area (Å²) < 4.78 is 36.2. The standard InChI is InChI=1S/C53H86N2O18/c1-26-42(71-44-40(65)37(62)29(58)24-68-44)39(64)41(66)45(69-26)72-43-38(63)36(55-35(61)11-9-8-10-20-54)30(23-56)70-46(43)73-47(67)53-19-18-48(2,3)21-28(53)27-12-13-32-49(4)16-15-33(59)50(5,25-57)31(49)14-17-51(32,6)52(27,7)22-34(53)60/h12,25-26,28-34,36-46,56,58-60,62-66H,8-11,13-24,54H2,1-7H3,(H,55,61)/t26?,28?,29-,30?,31-,32?,33+,34?,36+,37?,38?,39?,40?,41?,42+,43?,44+,45+,46+,49?,50-,51?,52-,53-/m1/s1. The molecule has 0 aromatic carbocycles. The Kier molecular flexibility index (Phi) is 16.5. The van der Waals surface area contributed by atoms with Crippen LogP contribution in [0.2, 0.25) is 0 Å². The van der Waals surface area contributed by atoms with Crippen molar-refractivity contribution in [3.05, 3.63) is 11.6 Å². The van der Waals surface area contributed by atoms with Gasteiger partial charge in [-0.15, -0.1) is 0 Å². The van der Waals surface area contributed by atoms with Gasteiger partial charge < -0.3 is 90.2 Å². The Hall–Kier alpha value is -2.25. The average molecular weight is 1040 g/mol. The molecule has 3 heterocycles.